The fourth-order valence-electron chi connectivity index (χ4n) is 3.80. The van der Waals surface area contributed by atoms with Gasteiger partial charge in [0.2, 0.25) is 5.91 Å². The second-order valence-corrected chi connectivity index (χ2v) is 7.41. The summed E-state index contributed by atoms with van der Waals surface area (Å²) in [4.78, 5) is 19.4. The van der Waals surface area contributed by atoms with Crippen LogP contribution in [0.1, 0.15) is 43.0 Å². The van der Waals surface area contributed by atoms with Crippen LogP contribution >= 0.6 is 0 Å². The van der Waals surface area contributed by atoms with Crippen LogP contribution < -0.4 is 5.73 Å². The Bertz CT molecular complexity index is 742. The Balaban J connectivity index is 1.63. The van der Waals surface area contributed by atoms with Gasteiger partial charge in [-0.2, -0.15) is 5.10 Å². The molecule has 1 aromatic carbocycles. The standard InChI is InChI=1S/C20H29N5O/c1-14(19(21)18-9-5-4-6-10-18)20(26)24-11-7-8-17(12-24)13-25-16(3)22-15(2)23-25/h4-6,9-10,14,17,19H,7-8,11-13,21H2,1-3H3. The molecule has 1 aliphatic heterocycles. The van der Waals surface area contributed by atoms with Crippen molar-refractivity contribution in [3.63, 3.8) is 0 Å². The molecule has 2 aromatic rings. The largest absolute Gasteiger partial charge is 0.342 e. The third kappa shape index (κ3) is 4.12. The maximum atomic E-state index is 13.0. The number of nitrogens with zero attached hydrogens (tertiary/aromatic N) is 4. The molecule has 1 saturated heterocycles. The second kappa shape index (κ2) is 7.99. The molecule has 1 aromatic heterocycles. The van der Waals surface area contributed by atoms with Gasteiger partial charge in [-0.25, -0.2) is 9.67 Å². The van der Waals surface area contributed by atoms with Crippen molar-refractivity contribution in [1.82, 2.24) is 19.7 Å². The number of amides is 1. The number of carbonyl (C=O) groups excluding carboxylic acids is 1. The summed E-state index contributed by atoms with van der Waals surface area (Å²) >= 11 is 0. The van der Waals surface area contributed by atoms with E-state index in [-0.39, 0.29) is 17.9 Å². The van der Waals surface area contributed by atoms with Crippen molar-refractivity contribution in [2.45, 2.75) is 46.2 Å². The van der Waals surface area contributed by atoms with Crippen LogP contribution in [0.25, 0.3) is 0 Å². The van der Waals surface area contributed by atoms with Gasteiger partial charge < -0.3 is 10.6 Å². The highest BCUT2D eigenvalue weighted by atomic mass is 16.2. The van der Waals surface area contributed by atoms with E-state index >= 15 is 0 Å². The van der Waals surface area contributed by atoms with Crippen LogP contribution in [0.5, 0.6) is 0 Å². The molecule has 3 atom stereocenters. The summed E-state index contributed by atoms with van der Waals surface area (Å²) in [6, 6.07) is 9.60. The van der Waals surface area contributed by atoms with Crippen LogP contribution in [0, 0.1) is 25.7 Å². The van der Waals surface area contributed by atoms with Crippen LogP contribution in [0.2, 0.25) is 0 Å². The lowest BCUT2D eigenvalue weighted by Crippen LogP contribution is -2.45. The number of hydrogen-bond donors (Lipinski definition) is 1. The molecule has 0 saturated carbocycles. The molecule has 2 N–H and O–H groups in total. The van der Waals surface area contributed by atoms with E-state index in [9.17, 15) is 4.79 Å². The summed E-state index contributed by atoms with van der Waals surface area (Å²) in [5.74, 6) is 2.07. The number of piperidine rings is 1. The molecule has 1 fully saturated rings. The molecule has 2 heterocycles. The van der Waals surface area contributed by atoms with Crippen molar-refractivity contribution in [1.29, 1.82) is 0 Å². The van der Waals surface area contributed by atoms with Crippen molar-refractivity contribution in [2.24, 2.45) is 17.6 Å². The predicted molar refractivity (Wildman–Crippen MR) is 101 cm³/mol. The highest BCUT2D eigenvalue weighted by molar-refractivity contribution is 5.79. The lowest BCUT2D eigenvalue weighted by Gasteiger charge is -2.35. The average molecular weight is 355 g/mol. The first kappa shape index (κ1) is 18.6. The van der Waals surface area contributed by atoms with E-state index in [0.717, 1.165) is 49.7 Å². The number of benzene rings is 1. The van der Waals surface area contributed by atoms with Crippen molar-refractivity contribution in [3.8, 4) is 0 Å². The van der Waals surface area contributed by atoms with Gasteiger partial charge in [-0.05, 0) is 38.2 Å². The Kier molecular flexibility index (Phi) is 5.71. The number of aromatic nitrogens is 3. The number of rotatable bonds is 5. The minimum absolute atomic E-state index is 0.151. The third-order valence-electron chi connectivity index (χ3n) is 5.34. The molecule has 140 valence electrons. The van der Waals surface area contributed by atoms with E-state index in [1.54, 1.807) is 0 Å². The Morgan fingerprint density at radius 3 is 2.69 bits per heavy atom. The molecule has 0 aliphatic carbocycles. The lowest BCUT2D eigenvalue weighted by molar-refractivity contribution is -0.137. The van der Waals surface area contributed by atoms with Gasteiger partial charge in [0.1, 0.15) is 11.6 Å². The number of nitrogens with two attached hydrogens (primary N) is 1. The molecule has 0 bridgehead atoms. The summed E-state index contributed by atoms with van der Waals surface area (Å²) in [5, 5.41) is 4.46. The predicted octanol–water partition coefficient (Wildman–Crippen LogP) is 2.47. The minimum atomic E-state index is -0.274. The molecule has 0 radical (unpaired) electrons. The van der Waals surface area contributed by atoms with Gasteiger partial charge >= 0.3 is 0 Å². The summed E-state index contributed by atoms with van der Waals surface area (Å²) in [6.07, 6.45) is 2.14. The number of aryl methyl sites for hydroxylation is 2. The molecule has 26 heavy (non-hydrogen) atoms. The van der Waals surface area contributed by atoms with Gasteiger partial charge in [0.25, 0.3) is 0 Å². The van der Waals surface area contributed by atoms with Gasteiger partial charge in [0.15, 0.2) is 0 Å². The first-order chi connectivity index (χ1) is 12.5. The highest BCUT2D eigenvalue weighted by Crippen LogP contribution is 2.25. The molecular formula is C20H29N5O. The van der Waals surface area contributed by atoms with Crippen LogP contribution in [0.4, 0.5) is 0 Å². The molecule has 3 rings (SSSR count). The van der Waals surface area contributed by atoms with Crippen molar-refractivity contribution in [3.05, 3.63) is 47.5 Å². The Labute approximate surface area is 155 Å². The molecule has 0 spiro atoms. The topological polar surface area (TPSA) is 77.0 Å². The average Bonchev–Trinajstić information content (AvgIpc) is 2.97. The van der Waals surface area contributed by atoms with Crippen molar-refractivity contribution < 1.29 is 4.79 Å². The van der Waals surface area contributed by atoms with E-state index in [2.05, 4.69) is 10.1 Å². The van der Waals surface area contributed by atoms with Crippen LogP contribution in [0.15, 0.2) is 30.3 Å². The maximum absolute atomic E-state index is 13.0. The zero-order valence-corrected chi connectivity index (χ0v) is 15.9. The van der Waals surface area contributed by atoms with E-state index < -0.39 is 0 Å². The molecule has 6 heteroatoms. The molecule has 3 unspecified atom stereocenters. The van der Waals surface area contributed by atoms with Gasteiger partial charge in [-0.3, -0.25) is 4.79 Å². The van der Waals surface area contributed by atoms with Crippen molar-refractivity contribution >= 4 is 5.91 Å². The zero-order chi connectivity index (χ0) is 18.7. The quantitative estimate of drug-likeness (QED) is 0.894. The van der Waals surface area contributed by atoms with Gasteiger partial charge in [-0.15, -0.1) is 0 Å². The van der Waals surface area contributed by atoms with Gasteiger partial charge in [0, 0.05) is 25.7 Å². The fourth-order valence-corrected chi connectivity index (χ4v) is 3.80. The number of likely N-dealkylation sites (tertiary alicyclic amines) is 1. The smallest absolute Gasteiger partial charge is 0.227 e. The Hall–Kier alpha value is -2.21. The summed E-state index contributed by atoms with van der Waals surface area (Å²) in [7, 11) is 0. The van der Waals surface area contributed by atoms with E-state index in [1.807, 2.05) is 60.7 Å². The Morgan fingerprint density at radius 1 is 1.31 bits per heavy atom. The molecular weight excluding hydrogens is 326 g/mol. The van der Waals surface area contributed by atoms with E-state index in [1.165, 1.54) is 0 Å². The van der Waals surface area contributed by atoms with Gasteiger partial charge in [0.05, 0.1) is 5.92 Å². The van der Waals surface area contributed by atoms with Crippen LogP contribution in [-0.4, -0.2) is 38.7 Å². The first-order valence-electron chi connectivity index (χ1n) is 9.43. The number of carbonyl (C=O) groups is 1. The monoisotopic (exact) mass is 355 g/mol. The van der Waals surface area contributed by atoms with Crippen LogP contribution in [-0.2, 0) is 11.3 Å². The fraction of sp³-hybridized carbons (Fsp3) is 0.550. The number of hydrogen-bond acceptors (Lipinski definition) is 4. The second-order valence-electron chi connectivity index (χ2n) is 7.41. The summed E-state index contributed by atoms with van der Waals surface area (Å²) in [6.45, 7) is 8.23. The summed E-state index contributed by atoms with van der Waals surface area (Å²) in [5.41, 5.74) is 7.37. The van der Waals surface area contributed by atoms with E-state index in [0.29, 0.717) is 5.92 Å². The van der Waals surface area contributed by atoms with E-state index in [4.69, 9.17) is 5.73 Å². The minimum Gasteiger partial charge on any atom is -0.342 e. The van der Waals surface area contributed by atoms with Crippen LogP contribution in [0.3, 0.4) is 0 Å². The molecule has 1 aliphatic rings. The highest BCUT2D eigenvalue weighted by Gasteiger charge is 2.30. The summed E-state index contributed by atoms with van der Waals surface area (Å²) < 4.78 is 1.97. The normalized spacial score (nSPS) is 20.0. The maximum Gasteiger partial charge on any atom is 0.227 e. The zero-order valence-electron chi connectivity index (χ0n) is 15.9. The lowest BCUT2D eigenvalue weighted by atomic mass is 9.92. The first-order valence-corrected chi connectivity index (χ1v) is 9.43. The SMILES string of the molecule is Cc1nc(C)n(CC2CCCN(C(=O)C(C)C(N)c3ccccc3)C2)n1. The molecule has 6 nitrogen and oxygen atoms in total. The molecule has 1 amide bonds. The van der Waals surface area contributed by atoms with Crippen molar-refractivity contribution in [2.75, 3.05) is 13.1 Å². The Morgan fingerprint density at radius 2 is 2.04 bits per heavy atom. The van der Waals surface area contributed by atoms with Gasteiger partial charge in [-0.1, -0.05) is 37.3 Å². The third-order valence-corrected chi connectivity index (χ3v) is 5.34.